The average molecular weight is 366 g/mol. The molecule has 0 radical (unpaired) electrons. The first-order chi connectivity index (χ1) is 12.5. The minimum Gasteiger partial charge on any atom is -0.465 e. The minimum absolute atomic E-state index is 0.0236. The van der Waals surface area contributed by atoms with Gasteiger partial charge in [-0.05, 0) is 25.7 Å². The van der Waals surface area contributed by atoms with E-state index in [0.29, 0.717) is 12.8 Å². The number of rotatable bonds is 12. The lowest BCUT2D eigenvalue weighted by Crippen LogP contribution is -2.61. The number of esters is 2. The second kappa shape index (κ2) is 11.8. The summed E-state index contributed by atoms with van der Waals surface area (Å²) in [5.74, 6) is -1.63. The topological polar surface area (TPSA) is 111 Å². The van der Waals surface area contributed by atoms with Gasteiger partial charge in [0.2, 0.25) is 11.8 Å². The van der Waals surface area contributed by atoms with Crippen molar-refractivity contribution in [3.05, 3.63) is 25.3 Å². The summed E-state index contributed by atoms with van der Waals surface area (Å²) in [4.78, 5) is 47.2. The van der Waals surface area contributed by atoms with Gasteiger partial charge in [-0.25, -0.2) is 0 Å². The number of hydrogen-bond donors (Lipinski definition) is 2. The Hall–Kier alpha value is -2.64. The summed E-state index contributed by atoms with van der Waals surface area (Å²) in [5, 5.41) is 5.15. The monoisotopic (exact) mass is 366 g/mol. The van der Waals surface area contributed by atoms with Gasteiger partial charge in [0.15, 0.2) is 0 Å². The molecule has 0 spiro atoms. The van der Waals surface area contributed by atoms with Crippen LogP contribution in [-0.4, -0.2) is 49.1 Å². The normalized spacial score (nSPS) is 19.1. The Kier molecular flexibility index (Phi) is 9.74. The molecule has 0 bridgehead atoms. The highest BCUT2D eigenvalue weighted by molar-refractivity contribution is 5.97. The zero-order chi connectivity index (χ0) is 19.4. The maximum Gasteiger partial charge on any atom is 0.305 e. The molecule has 0 saturated carbocycles. The van der Waals surface area contributed by atoms with Gasteiger partial charge in [-0.3, -0.25) is 19.2 Å². The number of carbonyl (C=O) groups is 4. The second-order valence-corrected chi connectivity index (χ2v) is 5.80. The Morgan fingerprint density at radius 2 is 1.23 bits per heavy atom. The van der Waals surface area contributed by atoms with E-state index in [-0.39, 0.29) is 50.7 Å². The molecule has 1 fully saturated rings. The van der Waals surface area contributed by atoms with Crippen molar-refractivity contribution in [1.29, 1.82) is 0 Å². The summed E-state index contributed by atoms with van der Waals surface area (Å²) in [6, 6.07) is -1.57. The number of hydrogen-bond acceptors (Lipinski definition) is 6. The van der Waals surface area contributed by atoms with Crippen molar-refractivity contribution < 1.29 is 28.7 Å². The highest BCUT2D eigenvalue weighted by Crippen LogP contribution is 2.09. The fourth-order valence-electron chi connectivity index (χ4n) is 2.26. The summed E-state index contributed by atoms with van der Waals surface area (Å²) in [5.41, 5.74) is 0. The lowest BCUT2D eigenvalue weighted by Gasteiger charge is -2.29. The van der Waals surface area contributed by atoms with Gasteiger partial charge < -0.3 is 20.1 Å². The lowest BCUT2D eigenvalue weighted by atomic mass is 10.0. The molecule has 0 aromatic heterocycles. The first-order valence-electron chi connectivity index (χ1n) is 8.61. The Bertz CT molecular complexity index is 498. The van der Waals surface area contributed by atoms with E-state index in [2.05, 4.69) is 23.8 Å². The predicted molar refractivity (Wildman–Crippen MR) is 93.9 cm³/mol. The van der Waals surface area contributed by atoms with Gasteiger partial charge in [0.05, 0.1) is 13.2 Å². The fourth-order valence-corrected chi connectivity index (χ4v) is 2.26. The summed E-state index contributed by atoms with van der Waals surface area (Å²) in [6.45, 7) is 7.54. The van der Waals surface area contributed by atoms with E-state index in [9.17, 15) is 19.2 Å². The van der Waals surface area contributed by atoms with Crippen LogP contribution < -0.4 is 10.6 Å². The Morgan fingerprint density at radius 3 is 1.58 bits per heavy atom. The molecule has 0 aliphatic carbocycles. The second-order valence-electron chi connectivity index (χ2n) is 5.80. The highest BCUT2D eigenvalue weighted by atomic mass is 16.5. The SMILES string of the molecule is C=CCCOC(=O)CC[C@@H]1NC(=O)[C@H](CCC(=O)OCCC=C)NC1=O. The van der Waals surface area contributed by atoms with Gasteiger partial charge in [0.1, 0.15) is 12.1 Å². The third-order valence-electron chi connectivity index (χ3n) is 3.71. The van der Waals surface area contributed by atoms with E-state index in [4.69, 9.17) is 9.47 Å². The molecule has 1 saturated heterocycles. The fraction of sp³-hybridized carbons (Fsp3) is 0.556. The molecule has 2 N–H and O–H groups in total. The first-order valence-corrected chi connectivity index (χ1v) is 8.61. The van der Waals surface area contributed by atoms with Crippen LogP contribution in [0.1, 0.15) is 38.5 Å². The highest BCUT2D eigenvalue weighted by Gasteiger charge is 2.33. The van der Waals surface area contributed by atoms with Gasteiger partial charge in [-0.2, -0.15) is 0 Å². The van der Waals surface area contributed by atoms with Crippen LogP contribution in [0.4, 0.5) is 0 Å². The van der Waals surface area contributed by atoms with Gasteiger partial charge >= 0.3 is 11.9 Å². The molecule has 144 valence electrons. The predicted octanol–water partition coefficient (Wildman–Crippen LogP) is 0.769. The lowest BCUT2D eigenvalue weighted by molar-refractivity contribution is -0.146. The average Bonchev–Trinajstić information content (AvgIpc) is 2.61. The third kappa shape index (κ3) is 7.96. The van der Waals surface area contributed by atoms with E-state index < -0.39 is 24.0 Å². The number of carbonyl (C=O) groups excluding carboxylic acids is 4. The Morgan fingerprint density at radius 1 is 0.846 bits per heavy atom. The van der Waals surface area contributed by atoms with Crippen molar-refractivity contribution in [2.75, 3.05) is 13.2 Å². The van der Waals surface area contributed by atoms with Crippen LogP contribution in [0.25, 0.3) is 0 Å². The zero-order valence-corrected chi connectivity index (χ0v) is 14.8. The minimum atomic E-state index is -0.787. The zero-order valence-electron chi connectivity index (χ0n) is 14.8. The number of nitrogens with one attached hydrogen (secondary N) is 2. The van der Waals surface area contributed by atoms with E-state index >= 15 is 0 Å². The van der Waals surface area contributed by atoms with Crippen LogP contribution in [0.15, 0.2) is 25.3 Å². The molecule has 2 atom stereocenters. The van der Waals surface area contributed by atoms with Gasteiger partial charge in [0, 0.05) is 12.8 Å². The molecule has 1 heterocycles. The molecule has 1 aliphatic heterocycles. The number of piperazine rings is 1. The standard InChI is InChI=1S/C18H26N2O6/c1-3-5-11-25-15(21)9-7-13-17(23)20-14(18(24)19-13)8-10-16(22)26-12-6-4-2/h3-4,13-14H,1-2,5-12H2,(H,19,24)(H,20,23)/t13-,14-/m0/s1. The van der Waals surface area contributed by atoms with E-state index in [0.717, 1.165) is 0 Å². The molecule has 1 aliphatic rings. The largest absolute Gasteiger partial charge is 0.465 e. The van der Waals surface area contributed by atoms with Crippen LogP contribution in [-0.2, 0) is 28.7 Å². The van der Waals surface area contributed by atoms with Crippen molar-refractivity contribution in [1.82, 2.24) is 10.6 Å². The quantitative estimate of drug-likeness (QED) is 0.300. The molecule has 0 unspecified atom stereocenters. The van der Waals surface area contributed by atoms with Crippen molar-refractivity contribution in [3.63, 3.8) is 0 Å². The van der Waals surface area contributed by atoms with Gasteiger partial charge in [-0.15, -0.1) is 13.2 Å². The molecule has 2 amide bonds. The van der Waals surface area contributed by atoms with Crippen LogP contribution in [0, 0.1) is 0 Å². The van der Waals surface area contributed by atoms with Crippen molar-refractivity contribution >= 4 is 23.8 Å². The van der Waals surface area contributed by atoms with Crippen LogP contribution in [0.2, 0.25) is 0 Å². The van der Waals surface area contributed by atoms with Crippen molar-refractivity contribution in [3.8, 4) is 0 Å². The maximum absolute atomic E-state index is 12.1. The van der Waals surface area contributed by atoms with Crippen LogP contribution >= 0.6 is 0 Å². The van der Waals surface area contributed by atoms with Crippen LogP contribution in [0.3, 0.4) is 0 Å². The van der Waals surface area contributed by atoms with Gasteiger partial charge in [0.25, 0.3) is 0 Å². The molecular formula is C18H26N2O6. The number of ether oxygens (including phenoxy) is 2. The van der Waals surface area contributed by atoms with E-state index in [1.807, 2.05) is 0 Å². The molecule has 26 heavy (non-hydrogen) atoms. The maximum atomic E-state index is 12.1. The smallest absolute Gasteiger partial charge is 0.305 e. The first kappa shape index (κ1) is 21.4. The summed E-state index contributed by atoms with van der Waals surface area (Å²) in [7, 11) is 0. The third-order valence-corrected chi connectivity index (χ3v) is 3.71. The van der Waals surface area contributed by atoms with Gasteiger partial charge in [-0.1, -0.05) is 12.2 Å². The molecule has 1 rings (SSSR count). The molecule has 8 heteroatoms. The van der Waals surface area contributed by atoms with Crippen molar-refractivity contribution in [2.45, 2.75) is 50.6 Å². The van der Waals surface area contributed by atoms with E-state index in [1.165, 1.54) is 0 Å². The number of amides is 2. The molecular weight excluding hydrogens is 340 g/mol. The molecule has 8 nitrogen and oxygen atoms in total. The summed E-state index contributed by atoms with van der Waals surface area (Å²) >= 11 is 0. The van der Waals surface area contributed by atoms with Crippen molar-refractivity contribution in [2.24, 2.45) is 0 Å². The Balaban J connectivity index is 2.32. The molecule has 0 aromatic carbocycles. The summed E-state index contributed by atoms with van der Waals surface area (Å²) in [6.07, 6.45) is 4.75. The van der Waals surface area contributed by atoms with Crippen LogP contribution in [0.5, 0.6) is 0 Å². The summed E-state index contributed by atoms with van der Waals surface area (Å²) < 4.78 is 9.90. The Labute approximate surface area is 153 Å². The molecule has 0 aromatic rings. The van der Waals surface area contributed by atoms with E-state index in [1.54, 1.807) is 12.2 Å².